The molecule has 192 valence electrons. The zero-order chi connectivity index (χ0) is 25.9. The van der Waals surface area contributed by atoms with Gasteiger partial charge in [-0.05, 0) is 67.5 Å². The van der Waals surface area contributed by atoms with E-state index in [-0.39, 0.29) is 23.7 Å². The van der Waals surface area contributed by atoms with Gasteiger partial charge in [0.25, 0.3) is 5.91 Å². The van der Waals surface area contributed by atoms with Crippen LogP contribution in [0.15, 0.2) is 48.5 Å². The number of ether oxygens (including phenoxy) is 1. The van der Waals surface area contributed by atoms with Crippen LogP contribution in [0.1, 0.15) is 49.0 Å². The molecule has 0 radical (unpaired) electrons. The summed E-state index contributed by atoms with van der Waals surface area (Å²) in [4.78, 5) is 41.3. The maximum Gasteiger partial charge on any atom is 0.341 e. The van der Waals surface area contributed by atoms with Crippen molar-refractivity contribution in [3.63, 3.8) is 0 Å². The van der Waals surface area contributed by atoms with Gasteiger partial charge in [-0.1, -0.05) is 32.0 Å². The molecule has 0 aliphatic carbocycles. The van der Waals surface area contributed by atoms with Gasteiger partial charge in [-0.2, -0.15) is 0 Å². The number of nitrogens with zero attached hydrogens (tertiary/aromatic N) is 2. The summed E-state index contributed by atoms with van der Waals surface area (Å²) in [6.07, 6.45) is 2.49. The second-order valence-corrected chi connectivity index (χ2v) is 10.3. The summed E-state index contributed by atoms with van der Waals surface area (Å²) in [5.74, 6) is -0.730. The predicted octanol–water partition coefficient (Wildman–Crippen LogP) is 4.01. The summed E-state index contributed by atoms with van der Waals surface area (Å²) < 4.78 is 19.0. The van der Waals surface area contributed by atoms with Gasteiger partial charge < -0.3 is 19.6 Å². The van der Waals surface area contributed by atoms with Crippen molar-refractivity contribution in [1.82, 2.24) is 9.80 Å². The highest BCUT2D eigenvalue weighted by Gasteiger charge is 2.52. The highest BCUT2D eigenvalue weighted by molar-refractivity contribution is 5.95. The molecule has 2 aliphatic heterocycles. The summed E-state index contributed by atoms with van der Waals surface area (Å²) in [6, 6.07) is 13.1. The Hall–Kier alpha value is -3.42. The molecule has 2 fully saturated rings. The molecule has 1 atom stereocenters. The van der Waals surface area contributed by atoms with Crippen LogP contribution in [-0.2, 0) is 16.0 Å². The van der Waals surface area contributed by atoms with Crippen LogP contribution in [0.4, 0.5) is 4.39 Å². The molecular weight excluding hydrogens is 463 g/mol. The van der Waals surface area contributed by atoms with Crippen LogP contribution in [-0.4, -0.2) is 65.0 Å². The van der Waals surface area contributed by atoms with Gasteiger partial charge in [-0.25, -0.2) is 9.18 Å². The second-order valence-electron chi connectivity index (χ2n) is 10.3. The van der Waals surface area contributed by atoms with Crippen molar-refractivity contribution in [3.8, 4) is 5.75 Å². The first-order valence-electron chi connectivity index (χ1n) is 12.5. The minimum absolute atomic E-state index is 0.00650. The lowest BCUT2D eigenvalue weighted by Gasteiger charge is -2.38. The molecule has 2 aromatic rings. The van der Waals surface area contributed by atoms with Crippen molar-refractivity contribution >= 4 is 17.8 Å². The summed E-state index contributed by atoms with van der Waals surface area (Å²) in [7, 11) is 0. The molecule has 0 aromatic heterocycles. The predicted molar refractivity (Wildman–Crippen MR) is 132 cm³/mol. The molecule has 2 saturated heterocycles. The van der Waals surface area contributed by atoms with E-state index in [4.69, 9.17) is 9.84 Å². The quantitative estimate of drug-likeness (QED) is 0.597. The number of hydrogen-bond donors (Lipinski definition) is 1. The Kier molecular flexibility index (Phi) is 7.62. The number of aliphatic carboxylic acids is 1. The van der Waals surface area contributed by atoms with Crippen LogP contribution in [0.25, 0.3) is 0 Å². The molecule has 4 rings (SSSR count). The molecule has 8 heteroatoms. The Morgan fingerprint density at radius 2 is 1.86 bits per heavy atom. The molecule has 7 nitrogen and oxygen atoms in total. The molecule has 1 spiro atoms. The standard InChI is InChI=1S/C28H33FN2O5/c1-19(2)17-31-23(14-20-5-3-7-22(29)13-20)16-28(27(31)35)9-11-30(12-10-28)26(34)21-6-4-8-24(15-21)36-18-25(32)33/h3-8,13,15,19,23H,9-12,14,16-18H2,1-2H3,(H,32,33)/t23-/m1/s1. The van der Waals surface area contributed by atoms with Crippen LogP contribution < -0.4 is 4.74 Å². The van der Waals surface area contributed by atoms with E-state index in [0.29, 0.717) is 62.5 Å². The Bertz CT molecular complexity index is 1130. The monoisotopic (exact) mass is 496 g/mol. The molecular formula is C28H33FN2O5. The smallest absolute Gasteiger partial charge is 0.341 e. The molecule has 0 unspecified atom stereocenters. The van der Waals surface area contributed by atoms with Crippen molar-refractivity contribution in [2.75, 3.05) is 26.2 Å². The zero-order valence-electron chi connectivity index (χ0n) is 20.8. The van der Waals surface area contributed by atoms with E-state index in [1.807, 2.05) is 11.0 Å². The van der Waals surface area contributed by atoms with Gasteiger partial charge in [0.15, 0.2) is 6.61 Å². The minimum atomic E-state index is -1.09. The van der Waals surface area contributed by atoms with Crippen molar-refractivity contribution in [3.05, 3.63) is 65.5 Å². The summed E-state index contributed by atoms with van der Waals surface area (Å²) in [5, 5.41) is 8.81. The Balaban J connectivity index is 1.45. The third kappa shape index (κ3) is 5.69. The van der Waals surface area contributed by atoms with Crippen LogP contribution in [0.5, 0.6) is 5.75 Å². The number of carbonyl (C=O) groups is 3. The Morgan fingerprint density at radius 3 is 2.53 bits per heavy atom. The molecule has 1 N–H and O–H groups in total. The van der Waals surface area contributed by atoms with Crippen LogP contribution in [0.3, 0.4) is 0 Å². The van der Waals surface area contributed by atoms with Gasteiger partial charge in [0, 0.05) is 31.2 Å². The van der Waals surface area contributed by atoms with Crippen molar-refractivity contribution in [2.24, 2.45) is 11.3 Å². The maximum atomic E-state index is 13.8. The van der Waals surface area contributed by atoms with Gasteiger partial charge in [0.05, 0.1) is 5.41 Å². The van der Waals surface area contributed by atoms with E-state index in [9.17, 15) is 18.8 Å². The zero-order valence-corrected chi connectivity index (χ0v) is 20.8. The number of piperidine rings is 1. The number of carboxylic acids is 1. The van der Waals surface area contributed by atoms with E-state index < -0.39 is 18.0 Å². The number of carbonyl (C=O) groups excluding carboxylic acids is 2. The third-order valence-electron chi connectivity index (χ3n) is 7.15. The van der Waals surface area contributed by atoms with E-state index in [0.717, 1.165) is 5.56 Å². The Labute approximate surface area is 210 Å². The largest absolute Gasteiger partial charge is 0.482 e. The first-order valence-corrected chi connectivity index (χ1v) is 12.5. The summed E-state index contributed by atoms with van der Waals surface area (Å²) >= 11 is 0. The van der Waals surface area contributed by atoms with Gasteiger partial charge in [-0.3, -0.25) is 9.59 Å². The summed E-state index contributed by atoms with van der Waals surface area (Å²) in [6.45, 7) is 5.29. The van der Waals surface area contributed by atoms with Gasteiger partial charge >= 0.3 is 5.97 Å². The number of halogens is 1. The molecule has 2 heterocycles. The van der Waals surface area contributed by atoms with Crippen molar-refractivity contribution < 1.29 is 28.6 Å². The maximum absolute atomic E-state index is 13.8. The second kappa shape index (κ2) is 10.7. The molecule has 0 saturated carbocycles. The number of amides is 2. The molecule has 2 aliphatic rings. The SMILES string of the molecule is CC(C)CN1C(=O)C2(CCN(C(=O)c3cccc(OCC(=O)O)c3)CC2)C[C@H]1Cc1cccc(F)c1. The average molecular weight is 497 g/mol. The Morgan fingerprint density at radius 1 is 1.14 bits per heavy atom. The molecule has 0 bridgehead atoms. The number of benzene rings is 2. The third-order valence-corrected chi connectivity index (χ3v) is 7.15. The fourth-order valence-corrected chi connectivity index (χ4v) is 5.47. The van der Waals surface area contributed by atoms with E-state index in [1.54, 1.807) is 41.3 Å². The van der Waals surface area contributed by atoms with Crippen LogP contribution in [0.2, 0.25) is 0 Å². The number of hydrogen-bond acceptors (Lipinski definition) is 4. The summed E-state index contributed by atoms with van der Waals surface area (Å²) in [5.41, 5.74) is 0.809. The highest BCUT2D eigenvalue weighted by Crippen LogP contribution is 2.45. The lowest BCUT2D eigenvalue weighted by atomic mass is 9.75. The minimum Gasteiger partial charge on any atom is -0.482 e. The molecule has 36 heavy (non-hydrogen) atoms. The first-order chi connectivity index (χ1) is 17.2. The van der Waals surface area contributed by atoms with Gasteiger partial charge in [0.1, 0.15) is 11.6 Å². The lowest BCUT2D eigenvalue weighted by Crippen LogP contribution is -2.47. The van der Waals surface area contributed by atoms with Gasteiger partial charge in [-0.15, -0.1) is 0 Å². The van der Waals surface area contributed by atoms with E-state index in [1.165, 1.54) is 6.07 Å². The van der Waals surface area contributed by atoms with Crippen molar-refractivity contribution in [2.45, 2.75) is 45.6 Å². The fraction of sp³-hybridized carbons (Fsp3) is 0.464. The van der Waals surface area contributed by atoms with Crippen LogP contribution >= 0.6 is 0 Å². The van der Waals surface area contributed by atoms with Crippen LogP contribution in [0, 0.1) is 17.2 Å². The fourth-order valence-electron chi connectivity index (χ4n) is 5.47. The van der Waals surface area contributed by atoms with Gasteiger partial charge in [0.2, 0.25) is 5.91 Å². The average Bonchev–Trinajstić information content (AvgIpc) is 3.08. The van der Waals surface area contributed by atoms with E-state index in [2.05, 4.69) is 13.8 Å². The van der Waals surface area contributed by atoms with Crippen molar-refractivity contribution in [1.29, 1.82) is 0 Å². The lowest BCUT2D eigenvalue weighted by molar-refractivity contribution is -0.140. The number of likely N-dealkylation sites (tertiary alicyclic amines) is 2. The normalized spacial score (nSPS) is 19.2. The van der Waals surface area contributed by atoms with E-state index >= 15 is 0 Å². The number of rotatable bonds is 8. The molecule has 2 aromatic carbocycles. The number of carboxylic acid groups (broad SMARTS) is 1. The highest BCUT2D eigenvalue weighted by atomic mass is 19.1. The topological polar surface area (TPSA) is 87.2 Å². The molecule has 2 amide bonds. The first kappa shape index (κ1) is 25.7.